The van der Waals surface area contributed by atoms with Crippen LogP contribution >= 0.6 is 0 Å². The van der Waals surface area contributed by atoms with E-state index in [1.807, 2.05) is 0 Å². The van der Waals surface area contributed by atoms with Crippen molar-refractivity contribution in [2.75, 3.05) is 44.7 Å². The molecule has 2 aliphatic heterocycles. The number of piperazine rings is 1. The van der Waals surface area contributed by atoms with Gasteiger partial charge in [0.1, 0.15) is 5.75 Å². The maximum atomic E-state index is 13.1. The molecule has 2 heterocycles. The van der Waals surface area contributed by atoms with Crippen LogP contribution < -0.4 is 9.64 Å². The van der Waals surface area contributed by atoms with Crippen molar-refractivity contribution in [3.8, 4) is 5.75 Å². The Morgan fingerprint density at radius 1 is 1.09 bits per heavy atom. The molecule has 2 amide bonds. The summed E-state index contributed by atoms with van der Waals surface area (Å²) in [5.41, 5.74) is 0.385. The third kappa shape index (κ3) is 4.59. The highest BCUT2D eigenvalue weighted by molar-refractivity contribution is 7.89. The van der Waals surface area contributed by atoms with Gasteiger partial charge in [-0.2, -0.15) is 4.31 Å². The van der Waals surface area contributed by atoms with Crippen LogP contribution in [0.4, 0.5) is 11.4 Å². The minimum atomic E-state index is -3.93. The summed E-state index contributed by atoms with van der Waals surface area (Å²) in [7, 11) is -2.37. The first-order valence-electron chi connectivity index (χ1n) is 10.7. The number of nitrogens with zero attached hydrogens (tertiary/aromatic N) is 4. The molecule has 4 rings (SSSR count). The smallest absolute Gasteiger partial charge is 0.270 e. The van der Waals surface area contributed by atoms with Gasteiger partial charge >= 0.3 is 0 Å². The van der Waals surface area contributed by atoms with E-state index in [4.69, 9.17) is 4.74 Å². The van der Waals surface area contributed by atoms with Gasteiger partial charge in [-0.25, -0.2) is 8.42 Å². The summed E-state index contributed by atoms with van der Waals surface area (Å²) in [5.74, 6) is -0.164. The minimum absolute atomic E-state index is 0.0691. The Labute approximate surface area is 196 Å². The van der Waals surface area contributed by atoms with E-state index < -0.39 is 20.9 Å². The fraction of sp³-hybridized carbons (Fsp3) is 0.364. The zero-order valence-corrected chi connectivity index (χ0v) is 19.3. The Balaban J connectivity index is 1.38. The van der Waals surface area contributed by atoms with E-state index in [1.54, 1.807) is 41.2 Å². The van der Waals surface area contributed by atoms with Gasteiger partial charge in [0, 0.05) is 57.0 Å². The largest absolute Gasteiger partial charge is 0.497 e. The predicted octanol–water partition coefficient (Wildman–Crippen LogP) is 1.49. The summed E-state index contributed by atoms with van der Waals surface area (Å²) in [6, 6.07) is 11.9. The van der Waals surface area contributed by atoms with Gasteiger partial charge in [0.25, 0.3) is 5.69 Å². The molecule has 180 valence electrons. The van der Waals surface area contributed by atoms with Crippen LogP contribution in [0.2, 0.25) is 0 Å². The molecule has 0 spiro atoms. The summed E-state index contributed by atoms with van der Waals surface area (Å²) in [6.07, 6.45) is 0.0943. The maximum Gasteiger partial charge on any atom is 0.270 e. The van der Waals surface area contributed by atoms with Crippen LogP contribution in [0.25, 0.3) is 0 Å². The van der Waals surface area contributed by atoms with E-state index in [9.17, 15) is 28.1 Å². The number of hydrogen-bond donors (Lipinski definition) is 0. The first kappa shape index (κ1) is 23.6. The van der Waals surface area contributed by atoms with Crippen molar-refractivity contribution in [1.29, 1.82) is 0 Å². The van der Waals surface area contributed by atoms with Gasteiger partial charge in [0.15, 0.2) is 0 Å². The van der Waals surface area contributed by atoms with Crippen molar-refractivity contribution in [3.63, 3.8) is 0 Å². The van der Waals surface area contributed by atoms with E-state index in [-0.39, 0.29) is 61.5 Å². The second-order valence-corrected chi connectivity index (χ2v) is 10.0. The van der Waals surface area contributed by atoms with Gasteiger partial charge < -0.3 is 14.5 Å². The molecule has 2 aliphatic rings. The van der Waals surface area contributed by atoms with Crippen LogP contribution in [-0.2, 0) is 19.6 Å². The zero-order valence-electron chi connectivity index (χ0n) is 18.5. The normalized spacial score (nSPS) is 19.3. The SMILES string of the molecule is COc1ccc(N2CC(C(=O)N3CCN(S(=O)(=O)c4cccc([N+](=O)[O-])c4)CC3)CC2=O)cc1. The summed E-state index contributed by atoms with van der Waals surface area (Å²) in [6.45, 7) is 0.760. The number of benzene rings is 2. The number of sulfonamides is 1. The lowest BCUT2D eigenvalue weighted by atomic mass is 10.1. The van der Waals surface area contributed by atoms with Gasteiger partial charge in [0.05, 0.1) is 22.8 Å². The van der Waals surface area contributed by atoms with Crippen LogP contribution in [0.3, 0.4) is 0 Å². The molecule has 34 heavy (non-hydrogen) atoms. The molecule has 1 unspecified atom stereocenters. The van der Waals surface area contributed by atoms with Crippen LogP contribution in [0.1, 0.15) is 6.42 Å². The topological polar surface area (TPSA) is 130 Å². The third-order valence-corrected chi connectivity index (χ3v) is 7.97. The molecule has 0 radical (unpaired) electrons. The Hall–Kier alpha value is -3.51. The maximum absolute atomic E-state index is 13.1. The average molecular weight is 489 g/mol. The standard InChI is InChI=1S/C22H24N4O7S/c1-33-19-7-5-17(6-8-19)25-15-16(13-21(25)27)22(28)23-9-11-24(12-10-23)34(31,32)20-4-2-3-18(14-20)26(29)30/h2-8,14,16H,9-13,15H2,1H3. The fourth-order valence-electron chi connectivity index (χ4n) is 4.20. The summed E-state index contributed by atoms with van der Waals surface area (Å²) < 4.78 is 32.2. The molecule has 0 aromatic heterocycles. The lowest BCUT2D eigenvalue weighted by molar-refractivity contribution is -0.385. The van der Waals surface area contributed by atoms with Crippen molar-refractivity contribution < 1.29 is 27.7 Å². The van der Waals surface area contributed by atoms with E-state index in [0.717, 1.165) is 6.07 Å². The highest BCUT2D eigenvalue weighted by Crippen LogP contribution is 2.29. The number of nitro groups is 1. The number of anilines is 1. The number of non-ortho nitro benzene ring substituents is 1. The van der Waals surface area contributed by atoms with Crippen molar-refractivity contribution in [3.05, 3.63) is 58.6 Å². The Morgan fingerprint density at radius 2 is 1.76 bits per heavy atom. The molecular weight excluding hydrogens is 464 g/mol. The zero-order chi connectivity index (χ0) is 24.5. The Bertz CT molecular complexity index is 1210. The van der Waals surface area contributed by atoms with Crippen LogP contribution in [-0.4, -0.2) is 74.2 Å². The van der Waals surface area contributed by atoms with Gasteiger partial charge in [0.2, 0.25) is 21.8 Å². The van der Waals surface area contributed by atoms with Crippen molar-refractivity contribution in [2.24, 2.45) is 5.92 Å². The molecule has 0 N–H and O–H groups in total. The molecule has 2 saturated heterocycles. The molecule has 1 atom stereocenters. The molecule has 0 bridgehead atoms. The number of rotatable bonds is 6. The van der Waals surface area contributed by atoms with Gasteiger partial charge in [-0.05, 0) is 30.3 Å². The second-order valence-electron chi connectivity index (χ2n) is 8.09. The number of ether oxygens (including phenoxy) is 1. The van der Waals surface area contributed by atoms with Gasteiger partial charge in [-0.1, -0.05) is 6.07 Å². The monoisotopic (exact) mass is 488 g/mol. The lowest BCUT2D eigenvalue weighted by Gasteiger charge is -2.35. The molecule has 2 aromatic rings. The van der Waals surface area contributed by atoms with Gasteiger partial charge in [-0.3, -0.25) is 19.7 Å². The first-order chi connectivity index (χ1) is 16.2. The second kappa shape index (κ2) is 9.39. The quantitative estimate of drug-likeness (QED) is 0.445. The first-order valence-corrected chi connectivity index (χ1v) is 12.1. The third-order valence-electron chi connectivity index (χ3n) is 6.07. The van der Waals surface area contributed by atoms with Crippen LogP contribution in [0.5, 0.6) is 5.75 Å². The summed E-state index contributed by atoms with van der Waals surface area (Å²) in [5, 5.41) is 11.0. The highest BCUT2D eigenvalue weighted by Gasteiger charge is 2.39. The summed E-state index contributed by atoms with van der Waals surface area (Å²) in [4.78, 5) is 38.9. The fourth-order valence-corrected chi connectivity index (χ4v) is 5.66. The molecule has 12 heteroatoms. The van der Waals surface area contributed by atoms with Crippen molar-refractivity contribution >= 4 is 33.2 Å². The molecule has 0 aliphatic carbocycles. The van der Waals surface area contributed by atoms with Crippen LogP contribution in [0, 0.1) is 16.0 Å². The Morgan fingerprint density at radius 3 is 2.38 bits per heavy atom. The van der Waals surface area contributed by atoms with E-state index in [0.29, 0.717) is 11.4 Å². The van der Waals surface area contributed by atoms with Gasteiger partial charge in [-0.15, -0.1) is 0 Å². The number of nitro benzene ring substituents is 1. The molecule has 11 nitrogen and oxygen atoms in total. The van der Waals surface area contributed by atoms with E-state index >= 15 is 0 Å². The molecule has 2 fully saturated rings. The van der Waals surface area contributed by atoms with Crippen molar-refractivity contribution in [2.45, 2.75) is 11.3 Å². The summed E-state index contributed by atoms with van der Waals surface area (Å²) >= 11 is 0. The number of methoxy groups -OCH3 is 1. The number of amides is 2. The van der Waals surface area contributed by atoms with E-state index in [2.05, 4.69) is 0 Å². The molecule has 2 aromatic carbocycles. The Kier molecular flexibility index (Phi) is 6.53. The molecule has 0 saturated carbocycles. The lowest BCUT2D eigenvalue weighted by Crippen LogP contribution is -2.52. The number of carbonyl (C=O) groups is 2. The minimum Gasteiger partial charge on any atom is -0.497 e. The molecular formula is C22H24N4O7S. The van der Waals surface area contributed by atoms with Crippen molar-refractivity contribution in [1.82, 2.24) is 9.21 Å². The number of carbonyl (C=O) groups excluding carboxylic acids is 2. The van der Waals surface area contributed by atoms with Crippen LogP contribution in [0.15, 0.2) is 53.4 Å². The average Bonchev–Trinajstić information content (AvgIpc) is 3.25. The van der Waals surface area contributed by atoms with E-state index in [1.165, 1.54) is 22.5 Å². The predicted molar refractivity (Wildman–Crippen MR) is 122 cm³/mol. The highest BCUT2D eigenvalue weighted by atomic mass is 32.2. The number of hydrogen-bond acceptors (Lipinski definition) is 7.